The second-order valence-corrected chi connectivity index (χ2v) is 6.00. The highest BCUT2D eigenvalue weighted by atomic mass is 16.3. The van der Waals surface area contributed by atoms with E-state index >= 15 is 0 Å². The van der Waals surface area contributed by atoms with Crippen LogP contribution in [0.5, 0.6) is 0 Å². The molecule has 1 aromatic carbocycles. The minimum absolute atomic E-state index is 0.0750. The average molecular weight is 369 g/mol. The first-order chi connectivity index (χ1) is 13.1. The highest BCUT2D eigenvalue weighted by Crippen LogP contribution is 2.26. The van der Waals surface area contributed by atoms with Gasteiger partial charge in [0.2, 0.25) is 5.91 Å². The van der Waals surface area contributed by atoms with Crippen molar-refractivity contribution in [2.24, 2.45) is 0 Å². The smallest absolute Gasteiger partial charge is 0.290 e. The van der Waals surface area contributed by atoms with Crippen LogP contribution >= 0.6 is 0 Å². The third kappa shape index (κ3) is 4.00. The van der Waals surface area contributed by atoms with Crippen molar-refractivity contribution >= 4 is 12.4 Å². The zero-order valence-electron chi connectivity index (χ0n) is 14.7. The van der Waals surface area contributed by atoms with E-state index in [2.05, 4.69) is 20.3 Å². The van der Waals surface area contributed by atoms with E-state index in [9.17, 15) is 4.79 Å². The highest BCUT2D eigenvalue weighted by molar-refractivity contribution is 5.81. The normalized spacial score (nSPS) is 15.7. The van der Waals surface area contributed by atoms with Crippen LogP contribution in [0.4, 0.5) is 0 Å². The lowest BCUT2D eigenvalue weighted by Gasteiger charge is -2.31. The summed E-state index contributed by atoms with van der Waals surface area (Å²) in [6.45, 7) is 0.657. The standard InChI is InChI=1S/C16H17N7O.CH2O2/c1-21-8-14-19-20-15(9-22-11-17-10-18-22)23(14)13(16(21)24)7-12-5-3-2-4-6-12;2-1-3/h2-6,10-11,13H,7-9H2,1H3;1H,(H,2,3)/t13-;/m1./s1. The maximum absolute atomic E-state index is 12.8. The van der Waals surface area contributed by atoms with E-state index in [1.807, 2.05) is 34.9 Å². The fraction of sp³-hybridized carbons (Fsp3) is 0.294. The Kier molecular flexibility index (Phi) is 5.55. The van der Waals surface area contributed by atoms with Crippen LogP contribution in [0.15, 0.2) is 43.0 Å². The monoisotopic (exact) mass is 369 g/mol. The Labute approximate surface area is 155 Å². The van der Waals surface area contributed by atoms with Gasteiger partial charge in [0, 0.05) is 13.5 Å². The van der Waals surface area contributed by atoms with Crippen LogP contribution in [0.3, 0.4) is 0 Å². The topological polar surface area (TPSA) is 119 Å². The molecule has 0 saturated carbocycles. The predicted octanol–water partition coefficient (Wildman–Crippen LogP) is 0.374. The molecule has 0 radical (unpaired) electrons. The lowest BCUT2D eigenvalue weighted by molar-refractivity contribution is -0.136. The van der Waals surface area contributed by atoms with E-state index in [-0.39, 0.29) is 18.4 Å². The number of carboxylic acid groups (broad SMARTS) is 1. The first-order valence-corrected chi connectivity index (χ1v) is 8.25. The Balaban J connectivity index is 0.000000659. The van der Waals surface area contributed by atoms with Crippen LogP contribution in [0.2, 0.25) is 0 Å². The molecular formula is C17H19N7O3. The number of aromatic nitrogens is 6. The van der Waals surface area contributed by atoms with Gasteiger partial charge in [0.15, 0.2) is 11.6 Å². The van der Waals surface area contributed by atoms with Crippen LogP contribution in [0.25, 0.3) is 0 Å². The molecule has 1 aliphatic rings. The molecule has 1 N–H and O–H groups in total. The van der Waals surface area contributed by atoms with E-state index in [1.54, 1.807) is 23.0 Å². The minimum atomic E-state index is -0.338. The molecule has 27 heavy (non-hydrogen) atoms. The largest absolute Gasteiger partial charge is 0.483 e. The molecule has 4 rings (SSSR count). The van der Waals surface area contributed by atoms with E-state index in [1.165, 1.54) is 6.33 Å². The number of benzene rings is 1. The van der Waals surface area contributed by atoms with E-state index in [0.717, 1.165) is 17.2 Å². The fourth-order valence-electron chi connectivity index (χ4n) is 3.07. The van der Waals surface area contributed by atoms with Gasteiger partial charge in [0.1, 0.15) is 25.2 Å². The third-order valence-corrected chi connectivity index (χ3v) is 4.23. The summed E-state index contributed by atoms with van der Waals surface area (Å²) >= 11 is 0. The quantitative estimate of drug-likeness (QED) is 0.660. The molecule has 0 unspecified atom stereocenters. The van der Waals surface area contributed by atoms with Gasteiger partial charge in [0.25, 0.3) is 6.47 Å². The Morgan fingerprint density at radius 2 is 2.00 bits per heavy atom. The second kappa shape index (κ2) is 8.21. The summed E-state index contributed by atoms with van der Waals surface area (Å²) in [4.78, 5) is 26.8. The van der Waals surface area contributed by atoms with Crippen molar-refractivity contribution in [2.45, 2.75) is 25.6 Å². The molecule has 2 aromatic heterocycles. The Bertz CT molecular complexity index is 893. The molecule has 0 fully saturated rings. The molecule has 0 spiro atoms. The summed E-state index contributed by atoms with van der Waals surface area (Å²) in [5.74, 6) is 1.59. The Morgan fingerprint density at radius 3 is 2.67 bits per heavy atom. The molecule has 3 aromatic rings. The predicted molar refractivity (Wildman–Crippen MR) is 93.5 cm³/mol. The fourth-order valence-corrected chi connectivity index (χ4v) is 3.07. The van der Waals surface area contributed by atoms with Gasteiger partial charge in [0.05, 0.1) is 6.54 Å². The number of hydrogen-bond donors (Lipinski definition) is 1. The molecule has 0 aliphatic carbocycles. The van der Waals surface area contributed by atoms with Gasteiger partial charge in [-0.3, -0.25) is 14.2 Å². The SMILES string of the molecule is CN1Cc2nnc(Cn3cncn3)n2[C@H](Cc2ccccc2)C1=O.O=CO. The maximum atomic E-state index is 12.8. The summed E-state index contributed by atoms with van der Waals surface area (Å²) in [5.41, 5.74) is 1.11. The Hall–Kier alpha value is -3.56. The molecule has 3 heterocycles. The number of hydrogen-bond acceptors (Lipinski definition) is 6. The number of likely N-dealkylation sites (N-methyl/N-ethyl adjacent to an activating group) is 1. The third-order valence-electron chi connectivity index (χ3n) is 4.23. The van der Waals surface area contributed by atoms with Gasteiger partial charge < -0.3 is 10.0 Å². The molecule has 10 heteroatoms. The number of carbonyl (C=O) groups excluding carboxylic acids is 1. The van der Waals surface area contributed by atoms with Gasteiger partial charge in [-0.15, -0.1) is 10.2 Å². The molecule has 1 aliphatic heterocycles. The molecule has 0 saturated heterocycles. The maximum Gasteiger partial charge on any atom is 0.290 e. The van der Waals surface area contributed by atoms with Crippen molar-refractivity contribution in [1.29, 1.82) is 0 Å². The average Bonchev–Trinajstić information content (AvgIpc) is 3.31. The number of nitrogens with zero attached hydrogens (tertiary/aromatic N) is 7. The number of carbonyl (C=O) groups is 2. The summed E-state index contributed by atoms with van der Waals surface area (Å²) in [7, 11) is 1.80. The summed E-state index contributed by atoms with van der Waals surface area (Å²) in [6.07, 6.45) is 3.72. The first kappa shape index (κ1) is 18.2. The van der Waals surface area contributed by atoms with Crippen molar-refractivity contribution < 1.29 is 14.7 Å². The van der Waals surface area contributed by atoms with Crippen molar-refractivity contribution in [1.82, 2.24) is 34.4 Å². The second-order valence-electron chi connectivity index (χ2n) is 6.00. The molecule has 1 amide bonds. The minimum Gasteiger partial charge on any atom is -0.483 e. The van der Waals surface area contributed by atoms with Crippen molar-refractivity contribution in [3.05, 3.63) is 60.2 Å². The highest BCUT2D eigenvalue weighted by Gasteiger charge is 2.34. The molecule has 10 nitrogen and oxygen atoms in total. The molecule has 0 bridgehead atoms. The lowest BCUT2D eigenvalue weighted by Crippen LogP contribution is -2.42. The van der Waals surface area contributed by atoms with E-state index < -0.39 is 0 Å². The van der Waals surface area contributed by atoms with Gasteiger partial charge in [-0.1, -0.05) is 30.3 Å². The van der Waals surface area contributed by atoms with Crippen LogP contribution in [-0.4, -0.2) is 59.0 Å². The van der Waals surface area contributed by atoms with Crippen LogP contribution < -0.4 is 0 Å². The van der Waals surface area contributed by atoms with Crippen molar-refractivity contribution in [2.75, 3.05) is 7.05 Å². The summed E-state index contributed by atoms with van der Waals surface area (Å²) < 4.78 is 3.64. The Morgan fingerprint density at radius 1 is 1.26 bits per heavy atom. The summed E-state index contributed by atoms with van der Waals surface area (Å²) in [5, 5.41) is 19.6. The summed E-state index contributed by atoms with van der Waals surface area (Å²) in [6, 6.07) is 9.66. The van der Waals surface area contributed by atoms with Gasteiger partial charge in [-0.25, -0.2) is 9.67 Å². The van der Waals surface area contributed by atoms with Crippen LogP contribution in [-0.2, 0) is 29.1 Å². The number of amides is 1. The molecule has 140 valence electrons. The molecule has 1 atom stereocenters. The molecular weight excluding hydrogens is 350 g/mol. The first-order valence-electron chi connectivity index (χ1n) is 8.25. The van der Waals surface area contributed by atoms with E-state index in [4.69, 9.17) is 9.90 Å². The zero-order valence-corrected chi connectivity index (χ0v) is 14.7. The van der Waals surface area contributed by atoms with E-state index in [0.29, 0.717) is 19.5 Å². The zero-order chi connectivity index (χ0) is 19.2. The van der Waals surface area contributed by atoms with Crippen LogP contribution in [0.1, 0.15) is 23.3 Å². The number of rotatable bonds is 4. The van der Waals surface area contributed by atoms with Crippen LogP contribution in [0, 0.1) is 0 Å². The van der Waals surface area contributed by atoms with Gasteiger partial charge in [-0.05, 0) is 5.56 Å². The lowest BCUT2D eigenvalue weighted by atomic mass is 10.0. The number of fused-ring (bicyclic) bond motifs is 1. The van der Waals surface area contributed by atoms with Gasteiger partial charge >= 0.3 is 0 Å². The van der Waals surface area contributed by atoms with Crippen molar-refractivity contribution in [3.8, 4) is 0 Å². The van der Waals surface area contributed by atoms with Gasteiger partial charge in [-0.2, -0.15) is 5.10 Å². The van der Waals surface area contributed by atoms with Crippen molar-refractivity contribution in [3.63, 3.8) is 0 Å².